The first kappa shape index (κ1) is 20.8. The van der Waals surface area contributed by atoms with Gasteiger partial charge in [-0.2, -0.15) is 5.26 Å². The Morgan fingerprint density at radius 2 is 2.30 bits per heavy atom. The number of amides is 2. The summed E-state index contributed by atoms with van der Waals surface area (Å²) < 4.78 is 5.81. The summed E-state index contributed by atoms with van der Waals surface area (Å²) in [6.45, 7) is 7.68. The number of carboxylic acid groups (broad SMARTS) is 1. The van der Waals surface area contributed by atoms with E-state index in [9.17, 15) is 20.0 Å². The molecule has 1 aliphatic rings. The molecule has 2 amide bonds. The van der Waals surface area contributed by atoms with Crippen molar-refractivity contribution in [2.45, 2.75) is 44.9 Å². The van der Waals surface area contributed by atoms with Crippen LogP contribution in [0.15, 0.2) is 12.7 Å². The van der Waals surface area contributed by atoms with E-state index in [1.54, 1.807) is 13.0 Å². The number of carbonyl (C=O) groups is 2. The number of carbonyl (C=O) groups excluding carboxylic acids is 1. The molecule has 8 nitrogen and oxygen atoms in total. The fourth-order valence-electron chi connectivity index (χ4n) is 3.42. The number of hydrogen-bond acceptors (Lipinski definition) is 4. The first-order valence-electron chi connectivity index (χ1n) is 8.66. The van der Waals surface area contributed by atoms with Gasteiger partial charge in [0.15, 0.2) is 0 Å². The highest BCUT2D eigenvalue weighted by Gasteiger charge is 2.41. The number of nitriles is 1. The number of piperidine rings is 1. The summed E-state index contributed by atoms with van der Waals surface area (Å²) in [7, 11) is 0. The van der Waals surface area contributed by atoms with Gasteiger partial charge in [0.1, 0.15) is 17.3 Å². The molecule has 3 N–H and O–H groups in total. The lowest BCUT2D eigenvalue weighted by atomic mass is 9.91. The predicted octanol–water partition coefficient (Wildman–Crippen LogP) is 2.68. The Labute approximate surface area is 162 Å². The van der Waals surface area contributed by atoms with E-state index in [2.05, 4.69) is 16.9 Å². The summed E-state index contributed by atoms with van der Waals surface area (Å²) in [6, 6.07) is 1.13. The molecular weight excluding hydrogens is 372 g/mol. The molecule has 0 radical (unpaired) electrons. The van der Waals surface area contributed by atoms with Crippen LogP contribution in [0.25, 0.3) is 0 Å². The Bertz CT molecular complexity index is 770. The highest BCUT2D eigenvalue weighted by Crippen LogP contribution is 2.26. The van der Waals surface area contributed by atoms with Gasteiger partial charge in [0, 0.05) is 12.2 Å². The van der Waals surface area contributed by atoms with E-state index in [1.165, 1.54) is 4.90 Å². The van der Waals surface area contributed by atoms with Crippen LogP contribution in [0, 0.1) is 18.3 Å². The smallest absolute Gasteiger partial charge is 0.407 e. The van der Waals surface area contributed by atoms with Crippen molar-refractivity contribution in [2.75, 3.05) is 13.2 Å². The molecule has 0 spiro atoms. The van der Waals surface area contributed by atoms with Gasteiger partial charge in [-0.15, -0.1) is 6.58 Å². The van der Waals surface area contributed by atoms with Gasteiger partial charge in [-0.3, -0.25) is 4.79 Å². The number of aromatic nitrogens is 1. The molecule has 0 aliphatic carbocycles. The largest absolute Gasteiger partial charge is 0.465 e. The third kappa shape index (κ3) is 4.26. The number of likely N-dealkylation sites (tertiary alicyclic amines) is 1. The standard InChI is InChI=1S/C18H23ClN4O4/c1-4-8-27-16-12(6-7-23(18(25)26)13(16)5-2)22-17(24)15-11(9-20)14(19)10(3)21-15/h4,12-13,16,21H,1,5-8H2,2-3H3,(H,22,24)(H,25,26)/t12-,13?,16+/m1/s1. The minimum absolute atomic E-state index is 0.0882. The van der Waals surface area contributed by atoms with Crippen LogP contribution >= 0.6 is 11.6 Å². The van der Waals surface area contributed by atoms with E-state index in [1.807, 2.05) is 13.0 Å². The molecule has 1 aromatic heterocycles. The third-order valence-corrected chi connectivity index (χ3v) is 5.17. The van der Waals surface area contributed by atoms with Gasteiger partial charge in [0.25, 0.3) is 5.91 Å². The van der Waals surface area contributed by atoms with Gasteiger partial charge < -0.3 is 25.0 Å². The number of H-pyrrole nitrogens is 1. The Hall–Kier alpha value is -2.50. The monoisotopic (exact) mass is 394 g/mol. The second kappa shape index (κ2) is 8.93. The normalized spacial score (nSPS) is 22.1. The molecule has 0 saturated carbocycles. The zero-order chi connectivity index (χ0) is 20.1. The Balaban J connectivity index is 2.26. The van der Waals surface area contributed by atoms with Crippen LogP contribution in [0.1, 0.15) is 41.5 Å². The fraction of sp³-hybridized carbons (Fsp3) is 0.500. The zero-order valence-electron chi connectivity index (χ0n) is 15.3. The maximum absolute atomic E-state index is 12.7. The molecule has 1 saturated heterocycles. The number of hydrogen-bond donors (Lipinski definition) is 3. The molecule has 1 aromatic rings. The van der Waals surface area contributed by atoms with Gasteiger partial charge >= 0.3 is 6.09 Å². The topological polar surface area (TPSA) is 118 Å². The number of ether oxygens (including phenoxy) is 1. The van der Waals surface area contributed by atoms with Crippen LogP contribution < -0.4 is 5.32 Å². The number of nitrogens with one attached hydrogen (secondary N) is 2. The second-order valence-corrected chi connectivity index (χ2v) is 6.71. The number of halogens is 1. The highest BCUT2D eigenvalue weighted by atomic mass is 35.5. The molecule has 1 unspecified atom stereocenters. The Kier molecular flexibility index (Phi) is 6.88. The Morgan fingerprint density at radius 1 is 1.59 bits per heavy atom. The van der Waals surface area contributed by atoms with Crippen LogP contribution in [0.2, 0.25) is 5.02 Å². The maximum atomic E-state index is 12.7. The minimum atomic E-state index is -1.02. The van der Waals surface area contributed by atoms with Crippen LogP contribution in [0.4, 0.5) is 4.79 Å². The number of aromatic amines is 1. The first-order valence-corrected chi connectivity index (χ1v) is 9.04. The van der Waals surface area contributed by atoms with Crippen molar-refractivity contribution in [3.8, 4) is 6.07 Å². The van der Waals surface area contributed by atoms with E-state index in [0.717, 1.165) is 0 Å². The third-order valence-electron chi connectivity index (χ3n) is 4.69. The summed E-state index contributed by atoms with van der Waals surface area (Å²) in [5.41, 5.74) is 0.714. The molecule has 27 heavy (non-hydrogen) atoms. The molecule has 2 heterocycles. The molecular formula is C18H23ClN4O4. The van der Waals surface area contributed by atoms with Crippen LogP contribution in [-0.4, -0.2) is 58.3 Å². The number of aryl methyl sites for hydroxylation is 1. The van der Waals surface area contributed by atoms with Gasteiger partial charge in [-0.05, 0) is 19.8 Å². The summed E-state index contributed by atoms with van der Waals surface area (Å²) in [4.78, 5) is 28.4. The molecule has 2 rings (SSSR count). The molecule has 1 fully saturated rings. The number of rotatable bonds is 6. The van der Waals surface area contributed by atoms with Gasteiger partial charge in [-0.1, -0.05) is 24.6 Å². The van der Waals surface area contributed by atoms with Gasteiger partial charge in [0.05, 0.1) is 29.8 Å². The van der Waals surface area contributed by atoms with Gasteiger partial charge in [-0.25, -0.2) is 4.79 Å². The van der Waals surface area contributed by atoms with E-state index in [0.29, 0.717) is 18.5 Å². The molecule has 0 bridgehead atoms. The van der Waals surface area contributed by atoms with E-state index in [4.69, 9.17) is 16.3 Å². The van der Waals surface area contributed by atoms with Crippen LogP contribution in [-0.2, 0) is 4.74 Å². The first-order chi connectivity index (χ1) is 12.8. The average molecular weight is 395 g/mol. The lowest BCUT2D eigenvalue weighted by Crippen LogP contribution is -2.61. The lowest BCUT2D eigenvalue weighted by Gasteiger charge is -2.43. The lowest BCUT2D eigenvalue weighted by molar-refractivity contribution is -0.0444. The minimum Gasteiger partial charge on any atom is -0.465 e. The highest BCUT2D eigenvalue weighted by molar-refractivity contribution is 6.33. The van der Waals surface area contributed by atoms with Crippen molar-refractivity contribution >= 4 is 23.6 Å². The molecule has 1 aliphatic heterocycles. The predicted molar refractivity (Wildman–Crippen MR) is 99.9 cm³/mol. The summed E-state index contributed by atoms with van der Waals surface area (Å²) in [5, 5.41) is 21.8. The van der Waals surface area contributed by atoms with Crippen molar-refractivity contribution < 1.29 is 19.4 Å². The summed E-state index contributed by atoms with van der Waals surface area (Å²) in [5.74, 6) is -0.475. The van der Waals surface area contributed by atoms with Crippen molar-refractivity contribution in [3.63, 3.8) is 0 Å². The zero-order valence-corrected chi connectivity index (χ0v) is 16.0. The molecule has 146 valence electrons. The average Bonchev–Trinajstić information content (AvgIpc) is 2.94. The summed E-state index contributed by atoms with van der Waals surface area (Å²) >= 11 is 6.06. The van der Waals surface area contributed by atoms with E-state index in [-0.39, 0.29) is 29.4 Å². The second-order valence-electron chi connectivity index (χ2n) is 6.33. The molecule has 9 heteroatoms. The van der Waals surface area contributed by atoms with E-state index >= 15 is 0 Å². The summed E-state index contributed by atoms with van der Waals surface area (Å²) in [6.07, 6.45) is 0.965. The molecule has 3 atom stereocenters. The SMILES string of the molecule is C=CCO[C@@H]1C(CC)N(C(=O)O)CC[C@H]1NC(=O)c1[nH]c(C)c(Cl)c1C#N. The Morgan fingerprint density at radius 3 is 2.85 bits per heavy atom. The van der Waals surface area contributed by atoms with Crippen LogP contribution in [0.3, 0.4) is 0 Å². The van der Waals surface area contributed by atoms with E-state index < -0.39 is 30.2 Å². The van der Waals surface area contributed by atoms with Gasteiger partial charge in [0.2, 0.25) is 0 Å². The fourth-order valence-corrected chi connectivity index (χ4v) is 3.61. The van der Waals surface area contributed by atoms with Crippen molar-refractivity contribution in [1.82, 2.24) is 15.2 Å². The van der Waals surface area contributed by atoms with Crippen molar-refractivity contribution in [2.24, 2.45) is 0 Å². The maximum Gasteiger partial charge on any atom is 0.407 e. The van der Waals surface area contributed by atoms with Crippen LogP contribution in [0.5, 0.6) is 0 Å². The van der Waals surface area contributed by atoms with Crippen molar-refractivity contribution in [1.29, 1.82) is 5.26 Å². The number of nitrogens with zero attached hydrogens (tertiary/aromatic N) is 2. The van der Waals surface area contributed by atoms with Crippen molar-refractivity contribution in [3.05, 3.63) is 34.6 Å². The molecule has 0 aromatic carbocycles. The quantitative estimate of drug-likeness (QED) is 0.641.